The van der Waals surface area contributed by atoms with Gasteiger partial charge in [0.05, 0.1) is 27.5 Å². The summed E-state index contributed by atoms with van der Waals surface area (Å²) in [5, 5.41) is 1.60. The molecule has 3 amide bonds. The number of nitrogens with zero attached hydrogens (tertiary/aromatic N) is 5. The van der Waals surface area contributed by atoms with Crippen molar-refractivity contribution < 1.29 is 19.1 Å². The van der Waals surface area contributed by atoms with E-state index in [1.165, 1.54) is 30.1 Å². The zero-order valence-corrected chi connectivity index (χ0v) is 20.2. The van der Waals surface area contributed by atoms with Crippen LogP contribution in [0.15, 0.2) is 40.5 Å². The Balaban J connectivity index is 1.86. The molecule has 2 aromatic heterocycles. The molecule has 9 nitrogen and oxygen atoms in total. The fraction of sp³-hybridized carbons (Fsp3) is 0.333. The summed E-state index contributed by atoms with van der Waals surface area (Å²) in [4.78, 5) is 45.5. The second-order valence-corrected chi connectivity index (χ2v) is 9.65. The van der Waals surface area contributed by atoms with E-state index in [-0.39, 0.29) is 24.3 Å². The first-order chi connectivity index (χ1) is 15.3. The predicted molar refractivity (Wildman–Crippen MR) is 125 cm³/mol. The van der Waals surface area contributed by atoms with Gasteiger partial charge >= 0.3 is 6.09 Å². The number of amides is 3. The number of halogens is 1. The van der Waals surface area contributed by atoms with Crippen molar-refractivity contribution >= 4 is 51.1 Å². The first-order valence-electron chi connectivity index (χ1n) is 10.1. The normalized spacial score (nSPS) is 15.8. The summed E-state index contributed by atoms with van der Waals surface area (Å²) in [6, 6.07) is 3.88. The van der Waals surface area contributed by atoms with E-state index >= 15 is 0 Å². The van der Waals surface area contributed by atoms with E-state index < -0.39 is 6.09 Å². The lowest BCUT2D eigenvalue weighted by Gasteiger charge is -2.36. The fourth-order valence-electron chi connectivity index (χ4n) is 3.73. The van der Waals surface area contributed by atoms with Gasteiger partial charge in [0, 0.05) is 38.7 Å². The maximum Gasteiger partial charge on any atom is 0.417 e. The summed E-state index contributed by atoms with van der Waals surface area (Å²) in [7, 11) is 0. The molecule has 2 aliphatic rings. The van der Waals surface area contributed by atoms with Crippen LogP contribution in [0.3, 0.4) is 0 Å². The number of imidazole rings is 1. The van der Waals surface area contributed by atoms with Crippen LogP contribution in [0, 0.1) is 0 Å². The van der Waals surface area contributed by atoms with Gasteiger partial charge in [-0.15, -0.1) is 11.3 Å². The summed E-state index contributed by atoms with van der Waals surface area (Å²) in [6.07, 6.45) is 6.50. The van der Waals surface area contributed by atoms with Crippen molar-refractivity contribution in [3.63, 3.8) is 0 Å². The van der Waals surface area contributed by atoms with Gasteiger partial charge in [0.2, 0.25) is 17.8 Å². The summed E-state index contributed by atoms with van der Waals surface area (Å²) >= 11 is 5.01. The number of aromatic nitrogens is 2. The van der Waals surface area contributed by atoms with Crippen molar-refractivity contribution in [2.45, 2.75) is 26.7 Å². The molecule has 0 unspecified atom stereocenters. The molecule has 168 valence electrons. The van der Waals surface area contributed by atoms with E-state index in [2.05, 4.69) is 15.9 Å². The Kier molecular flexibility index (Phi) is 6.20. The summed E-state index contributed by atoms with van der Waals surface area (Å²) in [5.74, 6) is -0.174. The van der Waals surface area contributed by atoms with E-state index in [4.69, 9.17) is 9.72 Å². The van der Waals surface area contributed by atoms with Crippen LogP contribution in [0.25, 0.3) is 10.6 Å². The van der Waals surface area contributed by atoms with E-state index in [1.807, 2.05) is 24.3 Å². The molecule has 32 heavy (non-hydrogen) atoms. The number of rotatable bonds is 3. The third kappa shape index (κ3) is 3.97. The molecule has 11 heteroatoms. The van der Waals surface area contributed by atoms with Gasteiger partial charge in [-0.2, -0.15) is 0 Å². The van der Waals surface area contributed by atoms with E-state index in [1.54, 1.807) is 33.9 Å². The highest BCUT2D eigenvalue weighted by atomic mass is 79.9. The maximum atomic E-state index is 12.5. The summed E-state index contributed by atoms with van der Waals surface area (Å²) in [6.45, 7) is 5.73. The van der Waals surface area contributed by atoms with Gasteiger partial charge in [-0.05, 0) is 35.0 Å². The first kappa shape index (κ1) is 22.3. The lowest BCUT2D eigenvalue weighted by molar-refractivity contribution is -0.119. The zero-order chi connectivity index (χ0) is 23.0. The van der Waals surface area contributed by atoms with Crippen LogP contribution < -0.4 is 9.91 Å². The Bertz CT molecular complexity index is 1120. The molecule has 2 aliphatic heterocycles. The molecule has 4 rings (SSSR count). The molecular formula is C21H22BrN5O4S. The molecular weight excluding hydrogens is 498 g/mol. The van der Waals surface area contributed by atoms with Crippen molar-refractivity contribution in [1.29, 1.82) is 0 Å². The fourth-order valence-corrected chi connectivity index (χ4v) is 5.11. The zero-order valence-electron chi connectivity index (χ0n) is 17.8. The number of hydrogen-bond donors (Lipinski definition) is 0. The molecule has 0 radical (unpaired) electrons. The molecule has 0 aliphatic carbocycles. The van der Waals surface area contributed by atoms with Crippen LogP contribution in [-0.4, -0.2) is 52.2 Å². The minimum absolute atomic E-state index is 0.145. The van der Waals surface area contributed by atoms with Crippen molar-refractivity contribution in [3.8, 4) is 10.6 Å². The lowest BCUT2D eigenvalue weighted by atomic mass is 10.0. The first-order valence-corrected chi connectivity index (χ1v) is 11.7. The van der Waals surface area contributed by atoms with Gasteiger partial charge in [0.25, 0.3) is 0 Å². The van der Waals surface area contributed by atoms with Gasteiger partial charge in [-0.25, -0.2) is 19.5 Å². The molecule has 0 atom stereocenters. The average Bonchev–Trinajstić information content (AvgIpc) is 3.36. The van der Waals surface area contributed by atoms with Crippen LogP contribution in [0.5, 0.6) is 0 Å². The van der Waals surface area contributed by atoms with Gasteiger partial charge in [-0.1, -0.05) is 12.2 Å². The Morgan fingerprint density at radius 1 is 1.16 bits per heavy atom. The van der Waals surface area contributed by atoms with Gasteiger partial charge in [0.15, 0.2) is 0 Å². The number of ether oxygens (including phenoxy) is 1. The predicted octanol–water partition coefficient (Wildman–Crippen LogP) is 3.81. The van der Waals surface area contributed by atoms with Crippen molar-refractivity contribution in [3.05, 3.63) is 46.2 Å². The van der Waals surface area contributed by atoms with E-state index in [0.717, 1.165) is 14.4 Å². The average molecular weight is 520 g/mol. The SMILES string of the molecule is CCOC(=O)N1C=CC(c2c(-c3ccc(Br)s3)nc3n2N(C(C)=O)CCN3C(C)=O)C=C1. The molecule has 4 heterocycles. The molecule has 0 bridgehead atoms. The minimum Gasteiger partial charge on any atom is -0.449 e. The second-order valence-electron chi connectivity index (χ2n) is 7.19. The molecule has 0 aromatic carbocycles. The van der Waals surface area contributed by atoms with E-state index in [0.29, 0.717) is 24.7 Å². The number of carbonyl (C=O) groups excluding carboxylic acids is 3. The maximum absolute atomic E-state index is 12.5. The quantitative estimate of drug-likeness (QED) is 0.615. The number of anilines is 1. The molecule has 0 saturated heterocycles. The van der Waals surface area contributed by atoms with Crippen molar-refractivity contribution in [2.75, 3.05) is 29.6 Å². The van der Waals surface area contributed by atoms with Crippen LogP contribution in [0.2, 0.25) is 0 Å². The standard InChI is InChI=1S/C21H22BrN5O4S/c1-4-31-21(30)24-9-7-15(8-10-24)19-18(16-5-6-17(22)32-16)23-20-25(13(2)28)11-12-26(14(3)29)27(19)20/h5-10,15H,4,11-12H2,1-3H3. The molecule has 0 spiro atoms. The third-order valence-corrected chi connectivity index (χ3v) is 6.77. The monoisotopic (exact) mass is 519 g/mol. The van der Waals surface area contributed by atoms with Crippen LogP contribution in [-0.2, 0) is 14.3 Å². The Morgan fingerprint density at radius 3 is 2.44 bits per heavy atom. The molecule has 0 fully saturated rings. The number of thiophene rings is 1. The largest absolute Gasteiger partial charge is 0.449 e. The molecule has 2 aromatic rings. The smallest absolute Gasteiger partial charge is 0.417 e. The number of allylic oxidation sites excluding steroid dienone is 2. The van der Waals surface area contributed by atoms with Crippen LogP contribution >= 0.6 is 27.3 Å². The van der Waals surface area contributed by atoms with Crippen LogP contribution in [0.1, 0.15) is 32.4 Å². The Morgan fingerprint density at radius 2 is 1.88 bits per heavy atom. The topological polar surface area (TPSA) is 88.0 Å². The third-order valence-electron chi connectivity index (χ3n) is 5.14. The van der Waals surface area contributed by atoms with Crippen molar-refractivity contribution in [2.24, 2.45) is 0 Å². The van der Waals surface area contributed by atoms with Crippen molar-refractivity contribution in [1.82, 2.24) is 14.6 Å². The van der Waals surface area contributed by atoms with Gasteiger partial charge in [0.1, 0.15) is 5.69 Å². The van der Waals surface area contributed by atoms with E-state index in [9.17, 15) is 14.4 Å². The lowest BCUT2D eigenvalue weighted by Crippen LogP contribution is -2.52. The Hall–Kier alpha value is -2.92. The van der Waals surface area contributed by atoms with Crippen LogP contribution in [0.4, 0.5) is 10.7 Å². The molecule has 0 saturated carbocycles. The van der Waals surface area contributed by atoms with Gasteiger partial charge < -0.3 is 4.74 Å². The summed E-state index contributed by atoms with van der Waals surface area (Å²) in [5.41, 5.74) is 1.42. The number of fused-ring (bicyclic) bond motifs is 1. The number of hydrogen-bond acceptors (Lipinski definition) is 6. The highest BCUT2D eigenvalue weighted by molar-refractivity contribution is 9.11. The summed E-state index contributed by atoms with van der Waals surface area (Å²) < 4.78 is 7.72. The minimum atomic E-state index is -0.468. The highest BCUT2D eigenvalue weighted by Gasteiger charge is 2.36. The second kappa shape index (κ2) is 8.91. The van der Waals surface area contributed by atoms with Gasteiger partial charge in [-0.3, -0.25) is 19.4 Å². The number of carbonyl (C=O) groups is 3. The molecule has 0 N–H and O–H groups in total. The highest BCUT2D eigenvalue weighted by Crippen LogP contribution is 2.40. The Labute approximate surface area is 197 Å².